The molecular formula is C24H17ClFN3O4. The van der Waals surface area contributed by atoms with Crippen molar-refractivity contribution in [2.75, 3.05) is 22.6 Å². The molecule has 1 aliphatic rings. The van der Waals surface area contributed by atoms with Crippen molar-refractivity contribution in [3.8, 4) is 5.75 Å². The Balaban J connectivity index is 1.46. The zero-order valence-electron chi connectivity index (χ0n) is 17.3. The maximum absolute atomic E-state index is 13.0. The van der Waals surface area contributed by atoms with E-state index < -0.39 is 17.6 Å². The summed E-state index contributed by atoms with van der Waals surface area (Å²) >= 11 is 6.15. The lowest BCUT2D eigenvalue weighted by Gasteiger charge is -2.15. The number of imide groups is 1. The fourth-order valence-electron chi connectivity index (χ4n) is 3.16. The van der Waals surface area contributed by atoms with Gasteiger partial charge in [0.25, 0.3) is 17.7 Å². The molecule has 3 aromatic rings. The van der Waals surface area contributed by atoms with Crippen LogP contribution in [0.2, 0.25) is 0 Å². The van der Waals surface area contributed by atoms with Crippen LogP contribution in [-0.2, 0) is 9.59 Å². The fourth-order valence-corrected chi connectivity index (χ4v) is 3.38. The summed E-state index contributed by atoms with van der Waals surface area (Å²) in [6.07, 6.45) is 0. The lowest BCUT2D eigenvalue weighted by atomic mass is 10.2. The van der Waals surface area contributed by atoms with Crippen molar-refractivity contribution in [3.05, 3.63) is 94.9 Å². The smallest absolute Gasteiger partial charge is 0.283 e. The van der Waals surface area contributed by atoms with Gasteiger partial charge in [0.05, 0.1) is 12.8 Å². The molecule has 1 aliphatic heterocycles. The van der Waals surface area contributed by atoms with Crippen molar-refractivity contribution in [1.29, 1.82) is 0 Å². The number of methoxy groups -OCH3 is 1. The van der Waals surface area contributed by atoms with Crippen molar-refractivity contribution in [3.63, 3.8) is 0 Å². The highest BCUT2D eigenvalue weighted by Crippen LogP contribution is 2.31. The third kappa shape index (κ3) is 4.56. The van der Waals surface area contributed by atoms with Gasteiger partial charge in [0.15, 0.2) is 0 Å². The molecule has 4 rings (SSSR count). The summed E-state index contributed by atoms with van der Waals surface area (Å²) in [6, 6.07) is 18.0. The van der Waals surface area contributed by atoms with Crippen LogP contribution in [0, 0.1) is 5.82 Å². The second-order valence-corrected chi connectivity index (χ2v) is 7.37. The molecule has 0 saturated heterocycles. The average Bonchev–Trinajstić information content (AvgIpc) is 3.04. The summed E-state index contributed by atoms with van der Waals surface area (Å²) in [5, 5.41) is 5.27. The zero-order valence-corrected chi connectivity index (χ0v) is 18.0. The van der Waals surface area contributed by atoms with E-state index in [1.165, 1.54) is 43.5 Å². The number of hydrogen-bond donors (Lipinski definition) is 2. The molecule has 33 heavy (non-hydrogen) atoms. The Morgan fingerprint density at radius 1 is 0.879 bits per heavy atom. The van der Waals surface area contributed by atoms with Gasteiger partial charge in [-0.25, -0.2) is 9.29 Å². The van der Waals surface area contributed by atoms with Gasteiger partial charge in [-0.05, 0) is 72.8 Å². The average molecular weight is 466 g/mol. The van der Waals surface area contributed by atoms with E-state index in [0.29, 0.717) is 28.4 Å². The van der Waals surface area contributed by atoms with E-state index >= 15 is 0 Å². The van der Waals surface area contributed by atoms with Gasteiger partial charge in [0, 0.05) is 16.9 Å². The first-order valence-corrected chi connectivity index (χ1v) is 10.1. The highest BCUT2D eigenvalue weighted by molar-refractivity contribution is 6.53. The van der Waals surface area contributed by atoms with Gasteiger partial charge < -0.3 is 15.4 Å². The quantitative estimate of drug-likeness (QED) is 0.522. The summed E-state index contributed by atoms with van der Waals surface area (Å²) in [4.78, 5) is 38.8. The first-order chi connectivity index (χ1) is 15.9. The van der Waals surface area contributed by atoms with Gasteiger partial charge in [0.1, 0.15) is 22.3 Å². The maximum Gasteiger partial charge on any atom is 0.283 e. The normalized spacial score (nSPS) is 13.4. The molecule has 7 nitrogen and oxygen atoms in total. The van der Waals surface area contributed by atoms with Gasteiger partial charge in [-0.3, -0.25) is 14.4 Å². The van der Waals surface area contributed by atoms with Gasteiger partial charge in [-0.15, -0.1) is 0 Å². The summed E-state index contributed by atoms with van der Waals surface area (Å²) in [5.41, 5.74) is 1.54. The van der Waals surface area contributed by atoms with Crippen molar-refractivity contribution in [2.24, 2.45) is 0 Å². The minimum Gasteiger partial charge on any atom is -0.497 e. The van der Waals surface area contributed by atoms with Crippen LogP contribution in [0.3, 0.4) is 0 Å². The van der Waals surface area contributed by atoms with Gasteiger partial charge >= 0.3 is 0 Å². The van der Waals surface area contributed by atoms with E-state index in [2.05, 4.69) is 10.6 Å². The molecule has 1 heterocycles. The molecule has 0 aromatic heterocycles. The van der Waals surface area contributed by atoms with Crippen molar-refractivity contribution < 1.29 is 23.5 Å². The Labute approximate surface area is 193 Å². The molecule has 3 aromatic carbocycles. The molecule has 0 aliphatic carbocycles. The molecule has 2 N–H and O–H groups in total. The van der Waals surface area contributed by atoms with E-state index in [9.17, 15) is 18.8 Å². The predicted molar refractivity (Wildman–Crippen MR) is 123 cm³/mol. The minimum atomic E-state index is -0.648. The number of ether oxygens (including phenoxy) is 1. The predicted octanol–water partition coefficient (Wildman–Crippen LogP) is 4.52. The number of hydrogen-bond acceptors (Lipinski definition) is 5. The molecule has 0 fully saturated rings. The number of anilines is 3. The fraction of sp³-hybridized carbons (Fsp3) is 0.0417. The van der Waals surface area contributed by atoms with Crippen molar-refractivity contribution in [1.82, 2.24) is 0 Å². The molecule has 0 radical (unpaired) electrons. The SMILES string of the molecule is COc1ccc(N2C(=O)C(Cl)=C(Nc3ccc(C(=O)Nc4ccc(F)cc4)cc3)C2=O)cc1. The topological polar surface area (TPSA) is 87.7 Å². The summed E-state index contributed by atoms with van der Waals surface area (Å²) in [7, 11) is 1.51. The third-order valence-electron chi connectivity index (χ3n) is 4.88. The lowest BCUT2D eigenvalue weighted by molar-refractivity contribution is -0.120. The zero-order chi connectivity index (χ0) is 23.5. The molecule has 3 amide bonds. The summed E-state index contributed by atoms with van der Waals surface area (Å²) in [6.45, 7) is 0. The van der Waals surface area contributed by atoms with Gasteiger partial charge in [0.2, 0.25) is 0 Å². The van der Waals surface area contributed by atoms with E-state index in [-0.39, 0.29) is 16.6 Å². The summed E-state index contributed by atoms with van der Waals surface area (Å²) in [5.74, 6) is -1.46. The number of benzene rings is 3. The highest BCUT2D eigenvalue weighted by Gasteiger charge is 2.38. The van der Waals surface area contributed by atoms with Crippen molar-refractivity contribution >= 4 is 46.4 Å². The van der Waals surface area contributed by atoms with E-state index in [4.69, 9.17) is 16.3 Å². The first-order valence-electron chi connectivity index (χ1n) is 9.74. The first kappa shape index (κ1) is 22.0. The monoisotopic (exact) mass is 465 g/mol. The van der Waals surface area contributed by atoms with Crippen LogP contribution in [0.25, 0.3) is 0 Å². The van der Waals surface area contributed by atoms with Gasteiger partial charge in [-0.1, -0.05) is 11.6 Å². The van der Waals surface area contributed by atoms with Crippen LogP contribution in [0.4, 0.5) is 21.5 Å². The molecule has 0 atom stereocenters. The van der Waals surface area contributed by atoms with Crippen LogP contribution in [-0.4, -0.2) is 24.8 Å². The standard InChI is InChI=1S/C24H17ClFN3O4/c1-33-19-12-10-18(11-13-19)29-23(31)20(25)21(24(29)32)27-16-6-2-14(3-7-16)22(30)28-17-8-4-15(26)5-9-17/h2-13,27H,1H3,(H,28,30). The molecule has 9 heteroatoms. The van der Waals surface area contributed by atoms with E-state index in [1.807, 2.05) is 0 Å². The second kappa shape index (κ2) is 9.13. The molecule has 0 bridgehead atoms. The Bertz CT molecular complexity index is 1260. The minimum absolute atomic E-state index is 0.0685. The lowest BCUT2D eigenvalue weighted by Crippen LogP contribution is -2.32. The van der Waals surface area contributed by atoms with Crippen LogP contribution in [0.15, 0.2) is 83.5 Å². The summed E-state index contributed by atoms with van der Waals surface area (Å²) < 4.78 is 18.1. The van der Waals surface area contributed by atoms with Crippen molar-refractivity contribution in [2.45, 2.75) is 0 Å². The molecular weight excluding hydrogens is 449 g/mol. The molecule has 0 unspecified atom stereocenters. The third-order valence-corrected chi connectivity index (χ3v) is 5.23. The number of halogens is 2. The van der Waals surface area contributed by atoms with Crippen LogP contribution in [0.5, 0.6) is 5.75 Å². The Morgan fingerprint density at radius 3 is 2.09 bits per heavy atom. The Hall–Kier alpha value is -4.17. The number of carbonyl (C=O) groups excluding carboxylic acids is 3. The number of rotatable bonds is 6. The molecule has 0 saturated carbocycles. The van der Waals surface area contributed by atoms with Crippen LogP contribution < -0.4 is 20.3 Å². The molecule has 0 spiro atoms. The number of carbonyl (C=O) groups is 3. The Kier molecular flexibility index (Phi) is 6.10. The molecule has 166 valence electrons. The van der Waals surface area contributed by atoms with E-state index in [1.54, 1.807) is 36.4 Å². The second-order valence-electron chi connectivity index (χ2n) is 7.00. The maximum atomic E-state index is 13.0. The number of nitrogens with zero attached hydrogens (tertiary/aromatic N) is 1. The largest absolute Gasteiger partial charge is 0.497 e. The highest BCUT2D eigenvalue weighted by atomic mass is 35.5. The van der Waals surface area contributed by atoms with E-state index in [0.717, 1.165) is 4.90 Å². The van der Waals surface area contributed by atoms with Gasteiger partial charge in [-0.2, -0.15) is 0 Å². The van der Waals surface area contributed by atoms with Crippen LogP contribution in [0.1, 0.15) is 10.4 Å². The number of amides is 3. The van der Waals surface area contributed by atoms with Crippen LogP contribution >= 0.6 is 11.6 Å². The number of nitrogens with one attached hydrogen (secondary N) is 2. The Morgan fingerprint density at radius 2 is 1.48 bits per heavy atom.